The van der Waals surface area contributed by atoms with Gasteiger partial charge in [0.15, 0.2) is 0 Å². The minimum absolute atomic E-state index is 0.230. The fraction of sp³-hybridized carbons (Fsp3) is 0.727. The van der Waals surface area contributed by atoms with E-state index in [9.17, 15) is 4.79 Å². The fourth-order valence-corrected chi connectivity index (χ4v) is 3.92. The topological polar surface area (TPSA) is 60.9 Å². The van der Waals surface area contributed by atoms with Gasteiger partial charge in [0.05, 0.1) is 11.2 Å². The van der Waals surface area contributed by atoms with Crippen LogP contribution in [0, 0.1) is 5.92 Å². The van der Waals surface area contributed by atoms with Gasteiger partial charge in [-0.3, -0.25) is 4.98 Å². The molecule has 3 rings (SSSR count). The Balaban J connectivity index is 1.70. The molecule has 7 heteroatoms. The molecule has 0 aliphatic carbocycles. The van der Waals surface area contributed by atoms with E-state index in [1.807, 2.05) is 38.1 Å². The van der Waals surface area contributed by atoms with Crippen LogP contribution in [0.4, 0.5) is 4.79 Å². The summed E-state index contributed by atoms with van der Waals surface area (Å²) >= 11 is 0. The summed E-state index contributed by atoms with van der Waals surface area (Å²) < 4.78 is 17.9. The number of piperidine rings is 1. The number of carbonyl (C=O) groups excluding carboxylic acids is 1. The molecule has 3 heterocycles. The largest absolute Gasteiger partial charge is 0.496 e. The van der Waals surface area contributed by atoms with Gasteiger partial charge in [0.2, 0.25) is 0 Å². The van der Waals surface area contributed by atoms with Crippen LogP contribution in [-0.2, 0) is 14.0 Å². The van der Waals surface area contributed by atoms with E-state index in [1.165, 1.54) is 5.56 Å². The second-order valence-corrected chi connectivity index (χ2v) is 10.4. The molecular weight excluding hydrogens is 367 g/mol. The van der Waals surface area contributed by atoms with Crippen LogP contribution in [0.3, 0.4) is 0 Å². The Bertz CT molecular complexity index is 743. The van der Waals surface area contributed by atoms with E-state index in [-0.39, 0.29) is 17.3 Å². The lowest BCUT2D eigenvalue weighted by Crippen LogP contribution is -2.44. The molecule has 1 aromatic rings. The summed E-state index contributed by atoms with van der Waals surface area (Å²) in [6, 6.07) is 2.15. The van der Waals surface area contributed by atoms with Crippen LogP contribution in [0.5, 0.6) is 0 Å². The van der Waals surface area contributed by atoms with Crippen molar-refractivity contribution in [3.8, 4) is 0 Å². The van der Waals surface area contributed by atoms with Crippen LogP contribution < -0.4 is 5.46 Å². The van der Waals surface area contributed by atoms with Crippen molar-refractivity contribution in [2.24, 2.45) is 5.92 Å². The molecule has 2 saturated heterocycles. The summed E-state index contributed by atoms with van der Waals surface area (Å²) in [4.78, 5) is 18.7. The molecule has 2 aliphatic heterocycles. The number of nitrogens with zero attached hydrogens (tertiary/aromatic N) is 2. The Morgan fingerprint density at radius 3 is 2.38 bits per heavy atom. The zero-order valence-electron chi connectivity index (χ0n) is 19.1. The normalized spacial score (nSPS) is 26.5. The van der Waals surface area contributed by atoms with E-state index in [0.29, 0.717) is 24.9 Å². The van der Waals surface area contributed by atoms with E-state index in [0.717, 1.165) is 11.9 Å². The van der Waals surface area contributed by atoms with Crippen molar-refractivity contribution in [1.82, 2.24) is 9.88 Å². The van der Waals surface area contributed by atoms with Gasteiger partial charge in [0.1, 0.15) is 5.60 Å². The van der Waals surface area contributed by atoms with Gasteiger partial charge in [-0.2, -0.15) is 0 Å². The maximum absolute atomic E-state index is 12.4. The average molecular weight is 402 g/mol. The summed E-state index contributed by atoms with van der Waals surface area (Å²) in [5.74, 6) is 0.648. The first kappa shape index (κ1) is 22.1. The second kappa shape index (κ2) is 7.58. The molecule has 2 fully saturated rings. The van der Waals surface area contributed by atoms with Gasteiger partial charge < -0.3 is 18.9 Å². The van der Waals surface area contributed by atoms with Gasteiger partial charge in [-0.15, -0.1) is 0 Å². The number of hydrogen-bond acceptors (Lipinski definition) is 5. The second-order valence-electron chi connectivity index (χ2n) is 10.4. The van der Waals surface area contributed by atoms with Crippen molar-refractivity contribution in [1.29, 1.82) is 0 Å². The Hall–Kier alpha value is -1.60. The number of carbonyl (C=O) groups is 1. The molecule has 2 aliphatic rings. The summed E-state index contributed by atoms with van der Waals surface area (Å²) in [5.41, 5.74) is 0.897. The summed E-state index contributed by atoms with van der Waals surface area (Å²) in [7, 11) is -0.412. The highest BCUT2D eigenvalue weighted by atomic mass is 16.7. The van der Waals surface area contributed by atoms with Crippen LogP contribution in [0.2, 0.25) is 0 Å². The van der Waals surface area contributed by atoms with Gasteiger partial charge in [-0.05, 0) is 72.3 Å². The van der Waals surface area contributed by atoms with E-state index >= 15 is 0 Å². The Morgan fingerprint density at radius 2 is 1.83 bits per heavy atom. The average Bonchev–Trinajstić information content (AvgIpc) is 2.81. The molecule has 0 spiro atoms. The third-order valence-corrected chi connectivity index (χ3v) is 6.29. The molecule has 6 nitrogen and oxygen atoms in total. The molecule has 0 N–H and O–H groups in total. The van der Waals surface area contributed by atoms with Crippen LogP contribution >= 0.6 is 0 Å². The van der Waals surface area contributed by atoms with Crippen molar-refractivity contribution in [3.05, 3.63) is 24.0 Å². The molecule has 0 saturated carbocycles. The molecule has 1 amide bonds. The van der Waals surface area contributed by atoms with Gasteiger partial charge >= 0.3 is 13.2 Å². The minimum Gasteiger partial charge on any atom is -0.444 e. The van der Waals surface area contributed by atoms with Crippen LogP contribution in [0.1, 0.15) is 73.3 Å². The maximum atomic E-state index is 12.4. The van der Waals surface area contributed by atoms with E-state index < -0.39 is 12.7 Å². The summed E-state index contributed by atoms with van der Waals surface area (Å²) in [5, 5.41) is 0. The van der Waals surface area contributed by atoms with E-state index in [1.54, 1.807) is 0 Å². The molecule has 160 valence electrons. The number of pyridine rings is 1. The monoisotopic (exact) mass is 402 g/mol. The first-order chi connectivity index (χ1) is 13.3. The maximum Gasteiger partial charge on any atom is 0.496 e. The fourth-order valence-electron chi connectivity index (χ4n) is 3.92. The van der Waals surface area contributed by atoms with Crippen molar-refractivity contribution in [2.75, 3.05) is 13.1 Å². The van der Waals surface area contributed by atoms with E-state index in [2.05, 4.69) is 45.7 Å². The summed E-state index contributed by atoms with van der Waals surface area (Å²) in [6.07, 6.45) is 4.41. The van der Waals surface area contributed by atoms with Crippen molar-refractivity contribution in [2.45, 2.75) is 84.5 Å². The number of aromatic nitrogens is 1. The molecule has 2 unspecified atom stereocenters. The highest BCUT2D eigenvalue weighted by molar-refractivity contribution is 6.62. The lowest BCUT2D eigenvalue weighted by molar-refractivity contribution is 0.00578. The molecule has 1 aromatic heterocycles. The molecule has 2 atom stereocenters. The van der Waals surface area contributed by atoms with Gasteiger partial charge in [-0.25, -0.2) is 4.79 Å². The number of hydrogen-bond donors (Lipinski definition) is 0. The Kier molecular flexibility index (Phi) is 5.78. The van der Waals surface area contributed by atoms with Gasteiger partial charge in [-0.1, -0.05) is 13.0 Å². The lowest BCUT2D eigenvalue weighted by Gasteiger charge is -2.37. The number of rotatable bonds is 2. The first-order valence-electron chi connectivity index (χ1n) is 10.6. The quantitative estimate of drug-likeness (QED) is 0.706. The molecule has 0 bridgehead atoms. The molecule has 29 heavy (non-hydrogen) atoms. The van der Waals surface area contributed by atoms with Crippen molar-refractivity contribution in [3.63, 3.8) is 0 Å². The molecule has 0 radical (unpaired) electrons. The third kappa shape index (κ3) is 4.77. The Labute approximate surface area is 175 Å². The minimum atomic E-state index is -0.474. The van der Waals surface area contributed by atoms with E-state index in [4.69, 9.17) is 14.0 Å². The predicted molar refractivity (Wildman–Crippen MR) is 114 cm³/mol. The predicted octanol–water partition coefficient (Wildman–Crippen LogP) is 3.74. The smallest absolute Gasteiger partial charge is 0.444 e. The third-order valence-electron chi connectivity index (χ3n) is 6.29. The Morgan fingerprint density at radius 1 is 1.21 bits per heavy atom. The SMILES string of the molecule is CC1CN(C(=O)OC(C)(C)C)CCC1c1cncc(B2OC(C)(C)C(C)(C)O2)c1. The van der Waals surface area contributed by atoms with Crippen LogP contribution in [-0.4, -0.2) is 53.0 Å². The van der Waals surface area contributed by atoms with Crippen molar-refractivity contribution < 1.29 is 18.8 Å². The molecular formula is C22H35BN2O4. The van der Waals surface area contributed by atoms with Crippen LogP contribution in [0.15, 0.2) is 18.5 Å². The van der Waals surface area contributed by atoms with Gasteiger partial charge in [0.25, 0.3) is 0 Å². The lowest BCUT2D eigenvalue weighted by atomic mass is 9.76. The zero-order chi connectivity index (χ0) is 21.6. The highest BCUT2D eigenvalue weighted by Gasteiger charge is 2.52. The highest BCUT2D eigenvalue weighted by Crippen LogP contribution is 2.37. The number of amides is 1. The first-order valence-corrected chi connectivity index (χ1v) is 10.6. The van der Waals surface area contributed by atoms with Gasteiger partial charge in [0, 0.05) is 30.9 Å². The standard InChI is InChI=1S/C22H35BN2O4/c1-15-14-25(19(26)27-20(2,3)4)10-9-18(15)16-11-17(13-24-12-16)23-28-21(5,6)22(7,8)29-23/h11-13,15,18H,9-10,14H2,1-8H3. The molecule has 0 aromatic carbocycles. The van der Waals surface area contributed by atoms with Crippen LogP contribution in [0.25, 0.3) is 0 Å². The number of ether oxygens (including phenoxy) is 1. The van der Waals surface area contributed by atoms with Crippen molar-refractivity contribution >= 4 is 18.7 Å². The zero-order valence-corrected chi connectivity index (χ0v) is 19.1. The number of likely N-dealkylation sites (tertiary alicyclic amines) is 1. The summed E-state index contributed by atoms with van der Waals surface area (Å²) in [6.45, 7) is 17.5.